The minimum absolute atomic E-state index is 0.0722. The molecule has 1 atom stereocenters. The van der Waals surface area contributed by atoms with Crippen molar-refractivity contribution in [3.63, 3.8) is 0 Å². The number of carbonyl (C=O) groups excluding carboxylic acids is 1. The summed E-state index contributed by atoms with van der Waals surface area (Å²) in [6, 6.07) is 6.77. The zero-order chi connectivity index (χ0) is 14.4. The highest BCUT2D eigenvalue weighted by Gasteiger charge is 2.23. The molecule has 4 heteroatoms. The number of rotatable bonds is 5. The van der Waals surface area contributed by atoms with E-state index in [2.05, 4.69) is 0 Å². The van der Waals surface area contributed by atoms with Crippen LogP contribution < -0.4 is 0 Å². The Bertz CT molecular complexity index is 450. The van der Waals surface area contributed by atoms with Crippen LogP contribution in [0.2, 0.25) is 0 Å². The lowest BCUT2D eigenvalue weighted by Crippen LogP contribution is -2.41. The van der Waals surface area contributed by atoms with Gasteiger partial charge in [0.1, 0.15) is 12.4 Å². The second-order valence-electron chi connectivity index (χ2n) is 5.45. The molecule has 1 aromatic carbocycles. The van der Waals surface area contributed by atoms with Gasteiger partial charge in [-0.05, 0) is 49.3 Å². The van der Waals surface area contributed by atoms with Crippen LogP contribution in [0.15, 0.2) is 24.3 Å². The van der Waals surface area contributed by atoms with Crippen LogP contribution in [0.5, 0.6) is 0 Å². The zero-order valence-electron chi connectivity index (χ0n) is 12.0. The maximum atomic E-state index is 13.1. The van der Waals surface area contributed by atoms with E-state index in [4.69, 9.17) is 4.74 Å². The van der Waals surface area contributed by atoms with Gasteiger partial charge in [0, 0.05) is 20.2 Å². The second kappa shape index (κ2) is 7.39. The van der Waals surface area contributed by atoms with Crippen LogP contribution in [0.25, 0.3) is 0 Å². The van der Waals surface area contributed by atoms with Gasteiger partial charge in [-0.15, -0.1) is 0 Å². The van der Waals surface area contributed by atoms with Crippen molar-refractivity contribution in [2.24, 2.45) is 5.92 Å². The fourth-order valence-corrected chi connectivity index (χ4v) is 2.81. The largest absolute Gasteiger partial charge is 0.375 e. The molecular formula is C16H22FNO2. The summed E-state index contributed by atoms with van der Waals surface area (Å²) in [7, 11) is 1.54. The summed E-state index contributed by atoms with van der Waals surface area (Å²) in [5, 5.41) is 0. The first-order chi connectivity index (χ1) is 9.69. The summed E-state index contributed by atoms with van der Waals surface area (Å²) < 4.78 is 18.0. The Morgan fingerprint density at radius 3 is 3.10 bits per heavy atom. The summed E-state index contributed by atoms with van der Waals surface area (Å²) in [5.74, 6) is 0.402. The fourth-order valence-electron chi connectivity index (χ4n) is 2.81. The maximum Gasteiger partial charge on any atom is 0.248 e. The highest BCUT2D eigenvalue weighted by atomic mass is 19.1. The van der Waals surface area contributed by atoms with Crippen LogP contribution in [-0.4, -0.2) is 37.6 Å². The van der Waals surface area contributed by atoms with E-state index in [0.29, 0.717) is 5.92 Å². The molecule has 1 amide bonds. The van der Waals surface area contributed by atoms with Crippen molar-refractivity contribution in [1.29, 1.82) is 0 Å². The fraction of sp³-hybridized carbons (Fsp3) is 0.562. The van der Waals surface area contributed by atoms with E-state index in [-0.39, 0.29) is 18.3 Å². The highest BCUT2D eigenvalue weighted by Crippen LogP contribution is 2.22. The van der Waals surface area contributed by atoms with Gasteiger partial charge in [0.2, 0.25) is 5.91 Å². The highest BCUT2D eigenvalue weighted by molar-refractivity contribution is 5.77. The van der Waals surface area contributed by atoms with Gasteiger partial charge in [-0.3, -0.25) is 4.79 Å². The van der Waals surface area contributed by atoms with Crippen molar-refractivity contribution in [2.75, 3.05) is 26.8 Å². The number of ether oxygens (including phenoxy) is 1. The molecule has 1 aromatic rings. The zero-order valence-corrected chi connectivity index (χ0v) is 12.0. The van der Waals surface area contributed by atoms with Gasteiger partial charge in [-0.1, -0.05) is 12.1 Å². The van der Waals surface area contributed by atoms with E-state index in [1.54, 1.807) is 19.2 Å². The van der Waals surface area contributed by atoms with Gasteiger partial charge in [0.25, 0.3) is 0 Å². The number of piperidine rings is 1. The standard InChI is InChI=1S/C16H22FNO2/c1-20-12-16(19)18-9-3-5-14(11-18)8-7-13-4-2-6-15(17)10-13/h2,4,6,10,14H,3,5,7-9,11-12H2,1H3/t14-/m0/s1. The van der Waals surface area contributed by atoms with E-state index >= 15 is 0 Å². The summed E-state index contributed by atoms with van der Waals surface area (Å²) in [6.45, 7) is 1.80. The maximum absolute atomic E-state index is 13.1. The van der Waals surface area contributed by atoms with Crippen molar-refractivity contribution in [2.45, 2.75) is 25.7 Å². The van der Waals surface area contributed by atoms with Crippen LogP contribution in [0.4, 0.5) is 4.39 Å². The van der Waals surface area contributed by atoms with E-state index in [1.165, 1.54) is 6.07 Å². The third-order valence-corrected chi connectivity index (χ3v) is 3.87. The SMILES string of the molecule is COCC(=O)N1CCC[C@@H](CCc2cccc(F)c2)C1. The second-order valence-corrected chi connectivity index (χ2v) is 5.45. The van der Waals surface area contributed by atoms with Crippen LogP contribution in [0.1, 0.15) is 24.8 Å². The van der Waals surface area contributed by atoms with Gasteiger partial charge in [0.05, 0.1) is 0 Å². The minimum atomic E-state index is -0.178. The van der Waals surface area contributed by atoms with Crippen LogP contribution >= 0.6 is 0 Å². The Balaban J connectivity index is 1.82. The summed E-state index contributed by atoms with van der Waals surface area (Å²) >= 11 is 0. The van der Waals surface area contributed by atoms with E-state index in [9.17, 15) is 9.18 Å². The molecule has 1 fully saturated rings. The lowest BCUT2D eigenvalue weighted by molar-refractivity contribution is -0.137. The number of amides is 1. The molecule has 20 heavy (non-hydrogen) atoms. The molecule has 0 saturated carbocycles. The molecule has 1 saturated heterocycles. The first kappa shape index (κ1) is 15.0. The number of methoxy groups -OCH3 is 1. The number of nitrogens with zero attached hydrogens (tertiary/aromatic N) is 1. The molecule has 1 heterocycles. The van der Waals surface area contributed by atoms with Crippen LogP contribution in [0.3, 0.4) is 0 Å². The Kier molecular flexibility index (Phi) is 5.53. The molecule has 0 spiro atoms. The van der Waals surface area contributed by atoms with E-state index < -0.39 is 0 Å². The molecule has 1 aliphatic rings. The minimum Gasteiger partial charge on any atom is -0.375 e. The van der Waals surface area contributed by atoms with Gasteiger partial charge in [-0.25, -0.2) is 4.39 Å². The average molecular weight is 279 g/mol. The molecule has 0 aliphatic carbocycles. The number of aryl methyl sites for hydroxylation is 1. The van der Waals surface area contributed by atoms with E-state index in [0.717, 1.165) is 44.3 Å². The van der Waals surface area contributed by atoms with Crippen molar-refractivity contribution in [3.8, 4) is 0 Å². The Hall–Kier alpha value is -1.42. The molecule has 0 N–H and O–H groups in total. The Morgan fingerprint density at radius 2 is 2.35 bits per heavy atom. The molecule has 0 radical (unpaired) electrons. The number of hydrogen-bond donors (Lipinski definition) is 0. The van der Waals surface area contributed by atoms with Crippen molar-refractivity contribution in [1.82, 2.24) is 4.90 Å². The molecule has 1 aliphatic heterocycles. The number of carbonyl (C=O) groups is 1. The van der Waals surface area contributed by atoms with Crippen molar-refractivity contribution in [3.05, 3.63) is 35.6 Å². The summed E-state index contributed by atoms with van der Waals surface area (Å²) in [4.78, 5) is 13.7. The molecule has 2 rings (SSSR count). The van der Waals surface area contributed by atoms with Gasteiger partial charge in [0.15, 0.2) is 0 Å². The smallest absolute Gasteiger partial charge is 0.248 e. The van der Waals surface area contributed by atoms with Crippen molar-refractivity contribution >= 4 is 5.91 Å². The number of likely N-dealkylation sites (tertiary alicyclic amines) is 1. The van der Waals surface area contributed by atoms with Crippen LogP contribution in [-0.2, 0) is 16.0 Å². The normalized spacial score (nSPS) is 19.1. The molecule has 0 bridgehead atoms. The van der Waals surface area contributed by atoms with E-state index in [1.807, 2.05) is 11.0 Å². The first-order valence-corrected chi connectivity index (χ1v) is 7.20. The molecule has 110 valence electrons. The third-order valence-electron chi connectivity index (χ3n) is 3.87. The van der Waals surface area contributed by atoms with Gasteiger partial charge in [-0.2, -0.15) is 0 Å². The van der Waals surface area contributed by atoms with Gasteiger partial charge >= 0.3 is 0 Å². The molecule has 0 unspecified atom stereocenters. The molecular weight excluding hydrogens is 257 g/mol. The molecule has 0 aromatic heterocycles. The Labute approximate surface area is 119 Å². The van der Waals surface area contributed by atoms with Crippen LogP contribution in [0, 0.1) is 11.7 Å². The number of halogens is 1. The number of benzene rings is 1. The summed E-state index contributed by atoms with van der Waals surface area (Å²) in [6.07, 6.45) is 4.06. The lowest BCUT2D eigenvalue weighted by atomic mass is 9.91. The Morgan fingerprint density at radius 1 is 1.50 bits per heavy atom. The predicted molar refractivity (Wildman–Crippen MR) is 75.9 cm³/mol. The predicted octanol–water partition coefficient (Wildman–Crippen LogP) is 2.64. The van der Waals surface area contributed by atoms with Gasteiger partial charge < -0.3 is 9.64 Å². The monoisotopic (exact) mass is 279 g/mol. The lowest BCUT2D eigenvalue weighted by Gasteiger charge is -2.32. The number of hydrogen-bond acceptors (Lipinski definition) is 2. The van der Waals surface area contributed by atoms with Crippen molar-refractivity contribution < 1.29 is 13.9 Å². The average Bonchev–Trinajstić information content (AvgIpc) is 2.46. The summed E-state index contributed by atoms with van der Waals surface area (Å²) in [5.41, 5.74) is 1.03. The first-order valence-electron chi connectivity index (χ1n) is 7.20. The quantitative estimate of drug-likeness (QED) is 0.829. The third kappa shape index (κ3) is 4.30. The topological polar surface area (TPSA) is 29.5 Å². The molecule has 3 nitrogen and oxygen atoms in total.